The maximum Gasteiger partial charge on any atom is 0.336 e. The molecule has 158 valence electrons. The molecule has 3 rings (SSSR count). The maximum absolute atomic E-state index is 13.2. The number of benzene rings is 1. The molecule has 0 aliphatic carbocycles. The van der Waals surface area contributed by atoms with Crippen molar-refractivity contribution in [1.29, 1.82) is 0 Å². The molecule has 1 fully saturated rings. The third-order valence-corrected chi connectivity index (χ3v) is 5.58. The van der Waals surface area contributed by atoms with Crippen molar-refractivity contribution >= 4 is 27.7 Å². The molecule has 0 amide bonds. The molecule has 2 aromatic rings. The van der Waals surface area contributed by atoms with Crippen molar-refractivity contribution in [1.82, 2.24) is 9.13 Å². The van der Waals surface area contributed by atoms with Gasteiger partial charge in [0.15, 0.2) is 0 Å². The van der Waals surface area contributed by atoms with Crippen molar-refractivity contribution in [2.45, 2.75) is 38.9 Å². The van der Waals surface area contributed by atoms with Crippen LogP contribution >= 0.6 is 15.9 Å². The van der Waals surface area contributed by atoms with Crippen LogP contribution in [0.25, 0.3) is 0 Å². The highest BCUT2D eigenvalue weighted by Crippen LogP contribution is 2.19. The largest absolute Gasteiger partial charge is 0.478 e. The van der Waals surface area contributed by atoms with E-state index in [4.69, 9.17) is 5.73 Å². The third kappa shape index (κ3) is 4.66. The molecule has 1 atom stereocenters. The van der Waals surface area contributed by atoms with E-state index in [1.165, 1.54) is 16.7 Å². The smallest absolute Gasteiger partial charge is 0.336 e. The van der Waals surface area contributed by atoms with Gasteiger partial charge >= 0.3 is 11.7 Å². The normalized spacial score (nSPS) is 16.1. The van der Waals surface area contributed by atoms with Gasteiger partial charge < -0.3 is 15.7 Å². The molecule has 2 heterocycles. The summed E-state index contributed by atoms with van der Waals surface area (Å²) in [5.74, 6) is 5.02. The Morgan fingerprint density at radius 1 is 1.30 bits per heavy atom. The molecule has 1 aliphatic rings. The zero-order chi connectivity index (χ0) is 21.8. The summed E-state index contributed by atoms with van der Waals surface area (Å²) in [6.45, 7) is 2.91. The molecular formula is C21H23BrN4O4. The number of aromatic nitrogens is 2. The van der Waals surface area contributed by atoms with Gasteiger partial charge in [-0.05, 0) is 37.5 Å². The summed E-state index contributed by atoms with van der Waals surface area (Å²) in [6.07, 6.45) is 1.77. The molecule has 0 spiro atoms. The highest BCUT2D eigenvalue weighted by atomic mass is 79.9. The average Bonchev–Trinajstić information content (AvgIpc) is 2.71. The van der Waals surface area contributed by atoms with Gasteiger partial charge in [-0.25, -0.2) is 9.59 Å². The Labute approximate surface area is 182 Å². The maximum atomic E-state index is 13.2. The van der Waals surface area contributed by atoms with E-state index in [1.807, 2.05) is 4.90 Å². The number of rotatable bonds is 5. The number of carboxylic acids is 1. The molecule has 3 N–H and O–H groups in total. The van der Waals surface area contributed by atoms with Gasteiger partial charge in [-0.15, -0.1) is 5.92 Å². The number of carbonyl (C=O) groups is 1. The van der Waals surface area contributed by atoms with E-state index >= 15 is 0 Å². The van der Waals surface area contributed by atoms with Crippen LogP contribution in [0.2, 0.25) is 0 Å². The van der Waals surface area contributed by atoms with E-state index in [2.05, 4.69) is 27.8 Å². The summed E-state index contributed by atoms with van der Waals surface area (Å²) >= 11 is 3.25. The zero-order valence-corrected chi connectivity index (χ0v) is 18.2. The van der Waals surface area contributed by atoms with Gasteiger partial charge in [0.25, 0.3) is 5.56 Å². The Morgan fingerprint density at radius 3 is 2.73 bits per heavy atom. The monoisotopic (exact) mass is 474 g/mol. The van der Waals surface area contributed by atoms with Crippen LogP contribution in [0.1, 0.15) is 35.7 Å². The van der Waals surface area contributed by atoms with Crippen LogP contribution in [-0.4, -0.2) is 39.3 Å². The number of nitrogens with zero attached hydrogens (tertiary/aromatic N) is 3. The van der Waals surface area contributed by atoms with Crippen molar-refractivity contribution in [2.24, 2.45) is 5.73 Å². The van der Waals surface area contributed by atoms with Crippen molar-refractivity contribution in [3.8, 4) is 11.8 Å². The lowest BCUT2D eigenvalue weighted by molar-refractivity contribution is 0.0695. The van der Waals surface area contributed by atoms with Crippen LogP contribution in [0.4, 0.5) is 5.82 Å². The molecule has 1 aromatic heterocycles. The Bertz CT molecular complexity index is 1140. The van der Waals surface area contributed by atoms with Gasteiger partial charge in [-0.3, -0.25) is 13.9 Å². The van der Waals surface area contributed by atoms with Crippen molar-refractivity contribution in [2.75, 3.05) is 18.0 Å². The van der Waals surface area contributed by atoms with E-state index in [0.717, 1.165) is 17.4 Å². The lowest BCUT2D eigenvalue weighted by atomic mass is 10.1. The molecule has 30 heavy (non-hydrogen) atoms. The van der Waals surface area contributed by atoms with Crippen LogP contribution in [0.3, 0.4) is 0 Å². The number of hydrogen-bond donors (Lipinski definition) is 2. The molecule has 1 aromatic carbocycles. The van der Waals surface area contributed by atoms with Crippen LogP contribution in [0.5, 0.6) is 0 Å². The fourth-order valence-electron chi connectivity index (χ4n) is 3.59. The number of aromatic carboxylic acids is 1. The number of nitrogens with two attached hydrogens (primary N) is 1. The average molecular weight is 475 g/mol. The van der Waals surface area contributed by atoms with Gasteiger partial charge in [0, 0.05) is 29.7 Å². The summed E-state index contributed by atoms with van der Waals surface area (Å²) in [6, 6.07) is 6.11. The van der Waals surface area contributed by atoms with Crippen molar-refractivity contribution in [3.63, 3.8) is 0 Å². The highest BCUT2D eigenvalue weighted by molar-refractivity contribution is 9.10. The minimum atomic E-state index is -1.13. The van der Waals surface area contributed by atoms with Crippen LogP contribution < -0.4 is 21.9 Å². The van der Waals surface area contributed by atoms with Crippen molar-refractivity contribution in [3.05, 3.63) is 60.7 Å². The first-order valence-electron chi connectivity index (χ1n) is 9.58. The second-order valence-electron chi connectivity index (χ2n) is 7.18. The molecule has 0 bridgehead atoms. The lowest BCUT2D eigenvalue weighted by Gasteiger charge is -2.33. The van der Waals surface area contributed by atoms with E-state index in [0.29, 0.717) is 28.9 Å². The number of piperidine rings is 1. The molecule has 1 aliphatic heterocycles. The van der Waals surface area contributed by atoms with Crippen LogP contribution in [-0.2, 0) is 13.1 Å². The number of anilines is 1. The first-order valence-corrected chi connectivity index (χ1v) is 10.4. The van der Waals surface area contributed by atoms with Crippen LogP contribution in [0.15, 0.2) is 38.3 Å². The third-order valence-electron chi connectivity index (χ3n) is 5.08. The Kier molecular flexibility index (Phi) is 6.80. The van der Waals surface area contributed by atoms with E-state index in [-0.39, 0.29) is 24.7 Å². The molecule has 1 saturated heterocycles. The Morgan fingerprint density at radius 2 is 2.07 bits per heavy atom. The second-order valence-corrected chi connectivity index (χ2v) is 8.09. The molecule has 0 unspecified atom stereocenters. The predicted molar refractivity (Wildman–Crippen MR) is 118 cm³/mol. The van der Waals surface area contributed by atoms with Gasteiger partial charge in [-0.2, -0.15) is 0 Å². The molecule has 0 saturated carbocycles. The minimum Gasteiger partial charge on any atom is -0.478 e. The fraction of sp³-hybridized carbons (Fsp3) is 0.381. The predicted octanol–water partition coefficient (Wildman–Crippen LogP) is 1.47. The summed E-state index contributed by atoms with van der Waals surface area (Å²) in [5.41, 5.74) is 5.45. The van der Waals surface area contributed by atoms with Gasteiger partial charge in [-0.1, -0.05) is 27.9 Å². The number of carboxylic acid groups (broad SMARTS) is 1. The number of hydrogen-bond acceptors (Lipinski definition) is 5. The van der Waals surface area contributed by atoms with Gasteiger partial charge in [0.1, 0.15) is 5.82 Å². The topological polar surface area (TPSA) is 111 Å². The summed E-state index contributed by atoms with van der Waals surface area (Å²) in [5, 5.41) is 9.49. The summed E-state index contributed by atoms with van der Waals surface area (Å²) in [4.78, 5) is 39.6. The standard InChI is InChI=1S/C21H23BrN4O4/c1-2-3-9-25-18(24-8-4-5-16(23)13-24)11-19(27)26(21(25)30)12-14-6-7-15(22)10-17(14)20(28)29/h6-7,10-11,16H,4-5,8-9,12-13,23H2,1H3,(H,28,29)/t16-/m1/s1. The van der Waals surface area contributed by atoms with E-state index < -0.39 is 17.2 Å². The van der Waals surface area contributed by atoms with Gasteiger partial charge in [0.05, 0.1) is 18.7 Å². The van der Waals surface area contributed by atoms with E-state index in [9.17, 15) is 19.5 Å². The quantitative estimate of drug-likeness (QED) is 0.634. The minimum absolute atomic E-state index is 0.0251. The first-order chi connectivity index (χ1) is 14.3. The molecule has 8 nitrogen and oxygen atoms in total. The summed E-state index contributed by atoms with van der Waals surface area (Å²) < 4.78 is 3.10. The molecule has 0 radical (unpaired) electrons. The Hall–Kier alpha value is -2.83. The van der Waals surface area contributed by atoms with E-state index in [1.54, 1.807) is 19.1 Å². The Balaban J connectivity index is 2.11. The number of halogens is 1. The van der Waals surface area contributed by atoms with Gasteiger partial charge in [0.2, 0.25) is 0 Å². The lowest BCUT2D eigenvalue weighted by Crippen LogP contribution is -2.48. The fourth-order valence-corrected chi connectivity index (χ4v) is 3.95. The van der Waals surface area contributed by atoms with Crippen LogP contribution in [0, 0.1) is 11.8 Å². The molecule has 9 heteroatoms. The second kappa shape index (κ2) is 9.32. The molecular weight excluding hydrogens is 452 g/mol. The highest BCUT2D eigenvalue weighted by Gasteiger charge is 2.22. The summed E-state index contributed by atoms with van der Waals surface area (Å²) in [7, 11) is 0. The zero-order valence-electron chi connectivity index (χ0n) is 16.6. The SMILES string of the molecule is CC#CCn1c(N2CCC[C@@H](N)C2)cc(=O)n(Cc2ccc(Br)cc2C(=O)O)c1=O. The van der Waals surface area contributed by atoms with Crippen molar-refractivity contribution < 1.29 is 9.90 Å². The first kappa shape index (κ1) is 21.9.